The zero-order valence-corrected chi connectivity index (χ0v) is 10.7. The van der Waals surface area contributed by atoms with Gasteiger partial charge in [0, 0.05) is 17.2 Å². The Kier molecular flexibility index (Phi) is 3.63. The van der Waals surface area contributed by atoms with Crippen LogP contribution in [0.5, 0.6) is 11.5 Å². The Balaban J connectivity index is 2.61. The van der Waals surface area contributed by atoms with E-state index >= 15 is 0 Å². The third-order valence-corrected chi connectivity index (χ3v) is 3.17. The standard InChI is InChI=1S/C12H14ClNO4/c1-2-6-9(10(14)12(15)16)7(13)5-8-11(6)18-4-3-17-8/h5,10H,2-4,14H2,1H3,(H,15,16). The monoisotopic (exact) mass is 271 g/mol. The van der Waals surface area contributed by atoms with Crippen LogP contribution in [0.2, 0.25) is 5.02 Å². The molecule has 3 N–H and O–H groups in total. The van der Waals surface area contributed by atoms with Crippen LogP contribution in [0.25, 0.3) is 0 Å². The van der Waals surface area contributed by atoms with Crippen molar-refractivity contribution in [3.8, 4) is 11.5 Å². The highest BCUT2D eigenvalue weighted by atomic mass is 35.5. The molecule has 0 bridgehead atoms. The zero-order chi connectivity index (χ0) is 13.3. The van der Waals surface area contributed by atoms with Crippen LogP contribution in [-0.2, 0) is 11.2 Å². The van der Waals surface area contributed by atoms with Gasteiger partial charge >= 0.3 is 5.97 Å². The van der Waals surface area contributed by atoms with Crippen molar-refractivity contribution in [1.82, 2.24) is 0 Å². The van der Waals surface area contributed by atoms with Crippen molar-refractivity contribution in [3.05, 3.63) is 22.2 Å². The topological polar surface area (TPSA) is 81.8 Å². The SMILES string of the molecule is CCc1c2c(cc(Cl)c1C(N)C(=O)O)OCCO2. The van der Waals surface area contributed by atoms with E-state index in [0.29, 0.717) is 47.3 Å². The van der Waals surface area contributed by atoms with E-state index in [1.165, 1.54) is 0 Å². The first-order valence-corrected chi connectivity index (χ1v) is 6.03. The molecule has 6 heteroatoms. The van der Waals surface area contributed by atoms with E-state index in [0.717, 1.165) is 0 Å². The van der Waals surface area contributed by atoms with Crippen molar-refractivity contribution in [2.45, 2.75) is 19.4 Å². The summed E-state index contributed by atoms with van der Waals surface area (Å²) in [5.74, 6) is -0.0208. The van der Waals surface area contributed by atoms with Crippen molar-refractivity contribution in [2.75, 3.05) is 13.2 Å². The number of carboxylic acids is 1. The lowest BCUT2D eigenvalue weighted by atomic mass is 9.97. The van der Waals surface area contributed by atoms with Gasteiger partial charge in [0.05, 0.1) is 5.02 Å². The zero-order valence-electron chi connectivity index (χ0n) is 9.90. The molecule has 1 heterocycles. The van der Waals surface area contributed by atoms with Gasteiger partial charge in [-0.2, -0.15) is 0 Å². The van der Waals surface area contributed by atoms with E-state index < -0.39 is 12.0 Å². The molecule has 18 heavy (non-hydrogen) atoms. The second-order valence-corrected chi connectivity index (χ2v) is 4.35. The van der Waals surface area contributed by atoms with Crippen molar-refractivity contribution in [2.24, 2.45) is 5.73 Å². The maximum absolute atomic E-state index is 11.0. The average Bonchev–Trinajstić information content (AvgIpc) is 2.36. The molecule has 0 saturated heterocycles. The number of hydrogen-bond acceptors (Lipinski definition) is 4. The molecule has 1 aromatic rings. The molecule has 1 aromatic carbocycles. The predicted molar refractivity (Wildman–Crippen MR) is 66.4 cm³/mol. The lowest BCUT2D eigenvalue weighted by Crippen LogP contribution is -2.24. The molecule has 0 aliphatic carbocycles. The Bertz CT molecular complexity index is 489. The second kappa shape index (κ2) is 5.04. The molecule has 2 rings (SSSR count). The molecule has 0 saturated carbocycles. The number of aliphatic carboxylic acids is 1. The number of halogens is 1. The van der Waals surface area contributed by atoms with Crippen molar-refractivity contribution >= 4 is 17.6 Å². The van der Waals surface area contributed by atoms with Gasteiger partial charge in [-0.3, -0.25) is 4.79 Å². The van der Waals surface area contributed by atoms with Crippen LogP contribution < -0.4 is 15.2 Å². The smallest absolute Gasteiger partial charge is 0.325 e. The number of fused-ring (bicyclic) bond motifs is 1. The third-order valence-electron chi connectivity index (χ3n) is 2.86. The van der Waals surface area contributed by atoms with Crippen LogP contribution in [0.4, 0.5) is 0 Å². The summed E-state index contributed by atoms with van der Waals surface area (Å²) in [5.41, 5.74) is 6.77. The summed E-state index contributed by atoms with van der Waals surface area (Å²) in [4.78, 5) is 11.0. The van der Waals surface area contributed by atoms with E-state index in [2.05, 4.69) is 0 Å². The number of benzene rings is 1. The van der Waals surface area contributed by atoms with Crippen LogP contribution in [0.1, 0.15) is 24.1 Å². The first-order valence-electron chi connectivity index (χ1n) is 5.65. The molecule has 1 aliphatic rings. The lowest BCUT2D eigenvalue weighted by Gasteiger charge is -2.24. The number of carboxylic acid groups (broad SMARTS) is 1. The largest absolute Gasteiger partial charge is 0.486 e. The second-order valence-electron chi connectivity index (χ2n) is 3.94. The number of rotatable bonds is 3. The quantitative estimate of drug-likeness (QED) is 0.875. The molecule has 5 nitrogen and oxygen atoms in total. The van der Waals surface area contributed by atoms with E-state index in [4.69, 9.17) is 31.9 Å². The molecule has 98 valence electrons. The van der Waals surface area contributed by atoms with Crippen molar-refractivity contribution < 1.29 is 19.4 Å². The van der Waals surface area contributed by atoms with E-state index in [1.807, 2.05) is 6.92 Å². The van der Waals surface area contributed by atoms with Gasteiger partial charge in [-0.1, -0.05) is 18.5 Å². The van der Waals surface area contributed by atoms with Gasteiger partial charge < -0.3 is 20.3 Å². The molecule has 0 fully saturated rings. The van der Waals surface area contributed by atoms with Gasteiger partial charge in [0.2, 0.25) is 0 Å². The third kappa shape index (κ3) is 2.11. The summed E-state index contributed by atoms with van der Waals surface area (Å²) in [5, 5.41) is 9.33. The number of ether oxygens (including phenoxy) is 2. The van der Waals surface area contributed by atoms with Crippen molar-refractivity contribution in [3.63, 3.8) is 0 Å². The molecule has 1 unspecified atom stereocenters. The predicted octanol–water partition coefficient (Wildman–Crippen LogP) is 1.76. The minimum absolute atomic E-state index is 0.297. The highest BCUT2D eigenvalue weighted by Gasteiger charge is 2.27. The van der Waals surface area contributed by atoms with E-state index in [9.17, 15) is 4.79 Å². The fourth-order valence-corrected chi connectivity index (χ4v) is 2.38. The molecular weight excluding hydrogens is 258 g/mol. The molecule has 0 amide bonds. The lowest BCUT2D eigenvalue weighted by molar-refractivity contribution is -0.138. The molecule has 0 radical (unpaired) electrons. The Morgan fingerprint density at radius 2 is 2.22 bits per heavy atom. The summed E-state index contributed by atoms with van der Waals surface area (Å²) >= 11 is 6.11. The summed E-state index contributed by atoms with van der Waals surface area (Å²) in [7, 11) is 0. The average molecular weight is 272 g/mol. The Morgan fingerprint density at radius 1 is 1.56 bits per heavy atom. The Labute approximate surface area is 109 Å². The fourth-order valence-electron chi connectivity index (χ4n) is 2.05. The molecule has 0 aromatic heterocycles. The summed E-state index contributed by atoms with van der Waals surface area (Å²) in [6.07, 6.45) is 0.572. The van der Waals surface area contributed by atoms with Gasteiger partial charge in [0.15, 0.2) is 11.5 Å². The minimum atomic E-state index is -1.16. The molecule has 0 spiro atoms. The van der Waals surface area contributed by atoms with Crippen LogP contribution in [0, 0.1) is 0 Å². The first-order chi connectivity index (χ1) is 8.56. The molecule has 1 aliphatic heterocycles. The minimum Gasteiger partial charge on any atom is -0.486 e. The molecule has 1 atom stereocenters. The highest BCUT2D eigenvalue weighted by molar-refractivity contribution is 6.32. The van der Waals surface area contributed by atoms with Crippen LogP contribution >= 0.6 is 11.6 Å². The van der Waals surface area contributed by atoms with E-state index in [-0.39, 0.29) is 0 Å². The number of carbonyl (C=O) groups is 1. The fraction of sp³-hybridized carbons (Fsp3) is 0.417. The van der Waals surface area contributed by atoms with Crippen LogP contribution in [0.15, 0.2) is 6.07 Å². The first kappa shape index (κ1) is 13.0. The highest BCUT2D eigenvalue weighted by Crippen LogP contribution is 2.42. The van der Waals surface area contributed by atoms with Crippen LogP contribution in [0.3, 0.4) is 0 Å². The van der Waals surface area contributed by atoms with Gasteiger partial charge in [0.1, 0.15) is 19.3 Å². The van der Waals surface area contributed by atoms with E-state index in [1.54, 1.807) is 6.07 Å². The summed E-state index contributed by atoms with van der Waals surface area (Å²) < 4.78 is 11.0. The summed E-state index contributed by atoms with van der Waals surface area (Å²) in [6.45, 7) is 2.78. The Morgan fingerprint density at radius 3 is 2.83 bits per heavy atom. The Hall–Kier alpha value is -1.46. The van der Waals surface area contributed by atoms with Crippen LogP contribution in [-0.4, -0.2) is 24.3 Å². The number of nitrogens with two attached hydrogens (primary N) is 1. The molecular formula is C12H14ClNO4. The maximum atomic E-state index is 11.0. The number of hydrogen-bond donors (Lipinski definition) is 2. The van der Waals surface area contributed by atoms with Gasteiger partial charge in [-0.25, -0.2) is 0 Å². The van der Waals surface area contributed by atoms with Gasteiger partial charge in [-0.15, -0.1) is 0 Å². The van der Waals surface area contributed by atoms with Gasteiger partial charge in [-0.05, 0) is 6.42 Å². The normalized spacial score (nSPS) is 15.3. The maximum Gasteiger partial charge on any atom is 0.325 e. The van der Waals surface area contributed by atoms with Crippen molar-refractivity contribution in [1.29, 1.82) is 0 Å². The summed E-state index contributed by atoms with van der Waals surface area (Å²) in [6, 6.07) is 0.399. The van der Waals surface area contributed by atoms with Gasteiger partial charge in [0.25, 0.3) is 0 Å².